The van der Waals surface area contributed by atoms with Crippen molar-refractivity contribution in [3.05, 3.63) is 0 Å². The minimum atomic E-state index is -0.887. The number of aliphatic carboxylic acids is 1. The molecule has 0 bridgehead atoms. The van der Waals surface area contributed by atoms with Crippen LogP contribution in [0.1, 0.15) is 20.8 Å². The second kappa shape index (κ2) is 5.85. The van der Waals surface area contributed by atoms with Gasteiger partial charge in [0.15, 0.2) is 0 Å². The average molecular weight is 205 g/mol. The molecular formula is C8H15NO3S. The lowest BCUT2D eigenvalue weighted by molar-refractivity contribution is -0.136. The third-order valence-electron chi connectivity index (χ3n) is 1.26. The van der Waals surface area contributed by atoms with Crippen LogP contribution in [0.3, 0.4) is 0 Å². The Morgan fingerprint density at radius 1 is 1.38 bits per heavy atom. The van der Waals surface area contributed by atoms with Gasteiger partial charge in [0.05, 0.1) is 11.0 Å². The van der Waals surface area contributed by atoms with Crippen molar-refractivity contribution in [2.45, 2.75) is 32.1 Å². The van der Waals surface area contributed by atoms with Gasteiger partial charge >= 0.3 is 5.97 Å². The smallest absolute Gasteiger partial charge is 0.316 e. The predicted octanol–water partition coefficient (Wildman–Crippen LogP) is 0.717. The normalized spacial score (nSPS) is 12.6. The second-order valence-electron chi connectivity index (χ2n) is 3.01. The predicted molar refractivity (Wildman–Crippen MR) is 52.8 cm³/mol. The molecule has 5 heteroatoms. The Morgan fingerprint density at radius 2 is 1.92 bits per heavy atom. The molecule has 0 aliphatic rings. The highest BCUT2D eigenvalue weighted by Crippen LogP contribution is 2.09. The van der Waals surface area contributed by atoms with Crippen LogP contribution in [0.15, 0.2) is 0 Å². The molecule has 1 unspecified atom stereocenters. The molecule has 2 N–H and O–H groups in total. The zero-order valence-electron chi connectivity index (χ0n) is 8.03. The molecule has 13 heavy (non-hydrogen) atoms. The van der Waals surface area contributed by atoms with Gasteiger partial charge in [-0.15, -0.1) is 11.8 Å². The third-order valence-corrected chi connectivity index (χ3v) is 2.39. The van der Waals surface area contributed by atoms with Gasteiger partial charge in [0.1, 0.15) is 0 Å². The first-order valence-electron chi connectivity index (χ1n) is 4.07. The summed E-state index contributed by atoms with van der Waals surface area (Å²) in [6, 6.07) is 0.105. The molecule has 76 valence electrons. The summed E-state index contributed by atoms with van der Waals surface area (Å²) in [6.07, 6.45) is 0. The Hall–Kier alpha value is -0.710. The lowest BCUT2D eigenvalue weighted by Crippen LogP contribution is -2.32. The monoisotopic (exact) mass is 205 g/mol. The van der Waals surface area contributed by atoms with Gasteiger partial charge in [-0.3, -0.25) is 9.59 Å². The molecule has 4 nitrogen and oxygen atoms in total. The standard InChI is InChI=1S/C8H15NO3S/c1-5(2)9-7(10)4-13-6(3)8(11)12/h5-6H,4H2,1-3H3,(H,9,10)(H,11,12). The Kier molecular flexibility index (Phi) is 5.53. The maximum absolute atomic E-state index is 11.1. The molecule has 0 aromatic heterocycles. The minimum Gasteiger partial charge on any atom is -0.480 e. The van der Waals surface area contributed by atoms with E-state index in [1.54, 1.807) is 6.92 Å². The van der Waals surface area contributed by atoms with E-state index in [4.69, 9.17) is 5.11 Å². The van der Waals surface area contributed by atoms with Gasteiger partial charge < -0.3 is 10.4 Å². The van der Waals surface area contributed by atoms with E-state index >= 15 is 0 Å². The van der Waals surface area contributed by atoms with Crippen LogP contribution in [-0.2, 0) is 9.59 Å². The highest BCUT2D eigenvalue weighted by Gasteiger charge is 2.13. The van der Waals surface area contributed by atoms with Gasteiger partial charge in [0, 0.05) is 6.04 Å². The SMILES string of the molecule is CC(C)NC(=O)CSC(C)C(=O)O. The number of carbonyl (C=O) groups is 2. The number of hydrogen-bond donors (Lipinski definition) is 2. The molecule has 0 saturated heterocycles. The lowest BCUT2D eigenvalue weighted by Gasteiger charge is -2.09. The van der Waals surface area contributed by atoms with Gasteiger partial charge in [0.2, 0.25) is 5.91 Å². The van der Waals surface area contributed by atoms with Crippen LogP contribution in [0.4, 0.5) is 0 Å². The van der Waals surface area contributed by atoms with Crippen molar-refractivity contribution in [1.29, 1.82) is 0 Å². The van der Waals surface area contributed by atoms with E-state index in [9.17, 15) is 9.59 Å². The molecule has 0 heterocycles. The number of carboxylic acid groups (broad SMARTS) is 1. The number of rotatable bonds is 5. The number of amides is 1. The van der Waals surface area contributed by atoms with Crippen LogP contribution in [0.25, 0.3) is 0 Å². The van der Waals surface area contributed by atoms with E-state index in [0.29, 0.717) is 0 Å². The maximum atomic E-state index is 11.1. The maximum Gasteiger partial charge on any atom is 0.316 e. The zero-order chi connectivity index (χ0) is 10.4. The molecular weight excluding hydrogens is 190 g/mol. The molecule has 0 aromatic rings. The fraction of sp³-hybridized carbons (Fsp3) is 0.750. The molecule has 0 aromatic carbocycles. The third kappa shape index (κ3) is 6.45. The minimum absolute atomic E-state index is 0.105. The Morgan fingerprint density at radius 3 is 2.31 bits per heavy atom. The van der Waals surface area contributed by atoms with E-state index in [0.717, 1.165) is 11.8 Å². The molecule has 0 spiro atoms. The summed E-state index contributed by atoms with van der Waals surface area (Å²) in [5.74, 6) is -0.804. The summed E-state index contributed by atoms with van der Waals surface area (Å²) in [5, 5.41) is 10.7. The van der Waals surface area contributed by atoms with E-state index in [-0.39, 0.29) is 17.7 Å². The molecule has 1 atom stereocenters. The van der Waals surface area contributed by atoms with Crippen molar-refractivity contribution in [1.82, 2.24) is 5.32 Å². The fourth-order valence-electron chi connectivity index (χ4n) is 0.636. The van der Waals surface area contributed by atoms with E-state index in [2.05, 4.69) is 5.32 Å². The number of thioether (sulfide) groups is 1. The van der Waals surface area contributed by atoms with Crippen LogP contribution < -0.4 is 5.32 Å². The summed E-state index contributed by atoms with van der Waals surface area (Å²) in [7, 11) is 0. The molecule has 1 amide bonds. The van der Waals surface area contributed by atoms with Crippen LogP contribution in [0.5, 0.6) is 0 Å². The Labute approximate surface area is 82.1 Å². The largest absolute Gasteiger partial charge is 0.480 e. The summed E-state index contributed by atoms with van der Waals surface area (Å²) >= 11 is 1.12. The Balaban J connectivity index is 3.64. The molecule has 0 radical (unpaired) electrons. The van der Waals surface area contributed by atoms with Gasteiger partial charge in [-0.2, -0.15) is 0 Å². The fourth-order valence-corrected chi connectivity index (χ4v) is 1.26. The average Bonchev–Trinajstić information content (AvgIpc) is 1.98. The summed E-state index contributed by atoms with van der Waals surface area (Å²) in [5.41, 5.74) is 0. The molecule has 0 saturated carbocycles. The van der Waals surface area contributed by atoms with Gasteiger partial charge in [-0.05, 0) is 20.8 Å². The van der Waals surface area contributed by atoms with Gasteiger partial charge in [-0.25, -0.2) is 0 Å². The van der Waals surface area contributed by atoms with Crippen molar-refractivity contribution >= 4 is 23.6 Å². The second-order valence-corrected chi connectivity index (χ2v) is 4.34. The molecule has 0 fully saturated rings. The number of nitrogens with one attached hydrogen (secondary N) is 1. The lowest BCUT2D eigenvalue weighted by atomic mass is 10.4. The highest BCUT2D eigenvalue weighted by molar-refractivity contribution is 8.01. The van der Waals surface area contributed by atoms with Crippen molar-refractivity contribution in [2.24, 2.45) is 0 Å². The number of hydrogen-bond acceptors (Lipinski definition) is 3. The summed E-state index contributed by atoms with van der Waals surface area (Å²) in [4.78, 5) is 21.4. The number of carboxylic acids is 1. The van der Waals surface area contributed by atoms with Crippen molar-refractivity contribution < 1.29 is 14.7 Å². The van der Waals surface area contributed by atoms with E-state index in [1.807, 2.05) is 13.8 Å². The number of carbonyl (C=O) groups excluding carboxylic acids is 1. The molecule has 0 aliphatic carbocycles. The van der Waals surface area contributed by atoms with Gasteiger partial charge in [0.25, 0.3) is 0 Å². The summed E-state index contributed by atoms with van der Waals surface area (Å²) < 4.78 is 0. The zero-order valence-corrected chi connectivity index (χ0v) is 8.85. The van der Waals surface area contributed by atoms with E-state index in [1.165, 1.54) is 0 Å². The van der Waals surface area contributed by atoms with Crippen molar-refractivity contribution in [3.8, 4) is 0 Å². The van der Waals surface area contributed by atoms with Crippen LogP contribution in [-0.4, -0.2) is 34.0 Å². The van der Waals surface area contributed by atoms with Gasteiger partial charge in [-0.1, -0.05) is 0 Å². The quantitative estimate of drug-likeness (QED) is 0.694. The van der Waals surface area contributed by atoms with Crippen molar-refractivity contribution in [3.63, 3.8) is 0 Å². The van der Waals surface area contributed by atoms with Crippen LogP contribution in [0, 0.1) is 0 Å². The first-order valence-corrected chi connectivity index (χ1v) is 5.12. The Bertz CT molecular complexity index is 194. The molecule has 0 rings (SSSR count). The van der Waals surface area contributed by atoms with Crippen LogP contribution >= 0.6 is 11.8 Å². The van der Waals surface area contributed by atoms with E-state index < -0.39 is 11.2 Å². The summed E-state index contributed by atoms with van der Waals surface area (Å²) in [6.45, 7) is 5.29. The topological polar surface area (TPSA) is 66.4 Å². The highest BCUT2D eigenvalue weighted by atomic mass is 32.2. The molecule has 0 aliphatic heterocycles. The first-order chi connectivity index (χ1) is 5.93. The first kappa shape index (κ1) is 12.3. The van der Waals surface area contributed by atoms with Crippen molar-refractivity contribution in [2.75, 3.05) is 5.75 Å². The van der Waals surface area contributed by atoms with Crippen LogP contribution in [0.2, 0.25) is 0 Å².